The fourth-order valence-corrected chi connectivity index (χ4v) is 12.0. The monoisotopic (exact) mass is 378 g/mol. The van der Waals surface area contributed by atoms with Crippen molar-refractivity contribution in [3.8, 4) is 22.9 Å². The van der Waals surface area contributed by atoms with Crippen molar-refractivity contribution in [1.82, 2.24) is 0 Å². The summed E-state index contributed by atoms with van der Waals surface area (Å²) >= 11 is 0. The maximum Gasteiger partial charge on any atom is 0.569 e. The molecule has 2 aromatic rings. The topological polar surface area (TPSA) is 53.2 Å². The van der Waals surface area contributed by atoms with Crippen LogP contribution >= 0.6 is 0 Å². The van der Waals surface area contributed by atoms with E-state index < -0.39 is 8.07 Å². The lowest BCUT2D eigenvalue weighted by Gasteiger charge is -2.45. The summed E-state index contributed by atoms with van der Waals surface area (Å²) < 4.78 is 5.61. The van der Waals surface area contributed by atoms with E-state index in [4.69, 9.17) is 4.65 Å². The first-order valence-corrected chi connectivity index (χ1v) is 11.8. The molecule has 0 saturated heterocycles. The van der Waals surface area contributed by atoms with Gasteiger partial charge in [0.1, 0.15) is 0 Å². The third kappa shape index (κ3) is 3.69. The average Bonchev–Trinajstić information content (AvgIpc) is 2.63. The van der Waals surface area contributed by atoms with Crippen molar-refractivity contribution < 1.29 is 9.68 Å². The van der Waals surface area contributed by atoms with E-state index in [2.05, 4.69) is 47.6 Å². The normalized spacial score (nSPS) is 11.7. The predicted octanol–water partition coefficient (Wildman–Crippen LogP) is 5.02. The summed E-state index contributed by atoms with van der Waals surface area (Å²) in [4.78, 5) is 0. The van der Waals surface area contributed by atoms with E-state index in [1.54, 1.807) is 6.07 Å². The fourth-order valence-electron chi connectivity index (χ4n) is 5.03. The lowest BCUT2D eigenvalue weighted by molar-refractivity contribution is 0.455. The van der Waals surface area contributed by atoms with Crippen LogP contribution in [0.25, 0.3) is 11.1 Å². The van der Waals surface area contributed by atoms with Crippen LogP contribution in [0, 0.1) is 11.3 Å². The van der Waals surface area contributed by atoms with E-state index in [0.29, 0.717) is 27.9 Å². The Morgan fingerprint density at radius 1 is 0.926 bits per heavy atom. The third-order valence-corrected chi connectivity index (χ3v) is 12.9. The second-order valence-electron chi connectivity index (χ2n) is 7.96. The summed E-state index contributed by atoms with van der Waals surface area (Å²) in [6.07, 6.45) is 0. The van der Waals surface area contributed by atoms with Gasteiger partial charge in [-0.25, -0.2) is 0 Å². The molecule has 0 amide bonds. The van der Waals surface area contributed by atoms with E-state index in [1.807, 2.05) is 36.4 Å². The molecule has 0 heterocycles. The van der Waals surface area contributed by atoms with Crippen molar-refractivity contribution in [3.05, 3.63) is 48.0 Å². The van der Waals surface area contributed by atoms with E-state index in [1.165, 1.54) is 0 Å². The summed E-state index contributed by atoms with van der Waals surface area (Å²) in [5, 5.41) is 20.4. The van der Waals surface area contributed by atoms with Crippen molar-refractivity contribution in [3.63, 3.8) is 0 Å². The minimum absolute atomic E-state index is 0.440. The Morgan fingerprint density at radius 2 is 1.48 bits per heavy atom. The number of rotatable bonds is 7. The van der Waals surface area contributed by atoms with E-state index in [9.17, 15) is 10.3 Å². The second-order valence-corrected chi connectivity index (χ2v) is 13.8. The van der Waals surface area contributed by atoms with Crippen LogP contribution < -0.4 is 9.84 Å². The molecule has 1 N–H and O–H groups in total. The zero-order chi connectivity index (χ0) is 20.2. The second kappa shape index (κ2) is 8.77. The highest BCUT2D eigenvalue weighted by molar-refractivity contribution is 6.96. The van der Waals surface area contributed by atoms with Crippen molar-refractivity contribution in [2.75, 3.05) is 0 Å². The number of hydrogen-bond acceptors (Lipinski definition) is 3. The number of benzene rings is 2. The first kappa shape index (κ1) is 21.3. The summed E-state index contributed by atoms with van der Waals surface area (Å²) in [6, 6.07) is 16.1. The molecule has 141 valence electrons. The molecule has 3 nitrogen and oxygen atoms in total. The van der Waals surface area contributed by atoms with Crippen LogP contribution in [-0.2, 0) is 0 Å². The van der Waals surface area contributed by atoms with Crippen LogP contribution in [0.1, 0.15) is 47.1 Å². The maximum absolute atomic E-state index is 9.87. The molecule has 2 rings (SSSR count). The minimum Gasteiger partial charge on any atom is -0.537 e. The fraction of sp³-hybridized carbons (Fsp3) is 0.409. The van der Waals surface area contributed by atoms with Gasteiger partial charge in [0, 0.05) is 5.56 Å². The van der Waals surface area contributed by atoms with Gasteiger partial charge in [-0.2, -0.15) is 5.26 Å². The Balaban J connectivity index is 3.05. The molecule has 0 saturated carbocycles. The highest BCUT2D eigenvalue weighted by Gasteiger charge is 2.48. The molecule has 0 fully saturated rings. The summed E-state index contributed by atoms with van der Waals surface area (Å²) in [5.41, 5.74) is 3.95. The molecule has 0 bridgehead atoms. The van der Waals surface area contributed by atoms with E-state index in [-0.39, 0.29) is 0 Å². The van der Waals surface area contributed by atoms with Gasteiger partial charge >= 0.3 is 7.69 Å². The van der Waals surface area contributed by atoms with Gasteiger partial charge in [0.05, 0.1) is 25.5 Å². The van der Waals surface area contributed by atoms with Crippen LogP contribution in [0.4, 0.5) is 0 Å². The molecule has 27 heavy (non-hydrogen) atoms. The summed E-state index contributed by atoms with van der Waals surface area (Å²) in [7, 11) is -1.42. The SMILES string of the molecule is CC(C)[Si](c1c(O[B]O)ccc(C#N)c1-c1ccccc1)(C(C)C)C(C)C. The van der Waals surface area contributed by atoms with Crippen LogP contribution in [0.2, 0.25) is 16.6 Å². The molecule has 0 aliphatic heterocycles. The smallest absolute Gasteiger partial charge is 0.537 e. The molecule has 0 aliphatic rings. The van der Waals surface area contributed by atoms with E-state index in [0.717, 1.165) is 24.0 Å². The van der Waals surface area contributed by atoms with Crippen LogP contribution in [0.5, 0.6) is 5.75 Å². The van der Waals surface area contributed by atoms with Gasteiger partial charge < -0.3 is 9.68 Å². The van der Waals surface area contributed by atoms with Crippen LogP contribution in [-0.4, -0.2) is 20.8 Å². The summed E-state index contributed by atoms with van der Waals surface area (Å²) in [5.74, 6) is 0.665. The predicted molar refractivity (Wildman–Crippen MR) is 116 cm³/mol. The molecule has 0 unspecified atom stereocenters. The first-order chi connectivity index (χ1) is 12.8. The Kier molecular flexibility index (Phi) is 6.91. The molecular formula is C22H29BNO2Si. The number of nitrogens with zero attached hydrogens (tertiary/aromatic N) is 1. The van der Waals surface area contributed by atoms with Gasteiger partial charge in [0.25, 0.3) is 0 Å². The Morgan fingerprint density at radius 3 is 1.93 bits per heavy atom. The highest BCUT2D eigenvalue weighted by Crippen LogP contribution is 2.45. The molecule has 0 atom stereocenters. The van der Waals surface area contributed by atoms with Gasteiger partial charge in [0.15, 0.2) is 0 Å². The zero-order valence-corrected chi connectivity index (χ0v) is 18.2. The van der Waals surface area contributed by atoms with Gasteiger partial charge in [0.2, 0.25) is 0 Å². The van der Waals surface area contributed by atoms with Crippen LogP contribution in [0.15, 0.2) is 42.5 Å². The Labute approximate surface area is 165 Å². The first-order valence-electron chi connectivity index (χ1n) is 9.57. The molecule has 2 aromatic carbocycles. The molecule has 0 aromatic heterocycles. The Hall–Kier alpha value is -2.03. The molecule has 0 spiro atoms. The van der Waals surface area contributed by atoms with Gasteiger partial charge in [-0.15, -0.1) is 0 Å². The summed E-state index contributed by atoms with van der Waals surface area (Å²) in [6.45, 7) is 13.7. The average molecular weight is 378 g/mol. The largest absolute Gasteiger partial charge is 0.569 e. The van der Waals surface area contributed by atoms with Crippen molar-refractivity contribution in [1.29, 1.82) is 5.26 Å². The van der Waals surface area contributed by atoms with Gasteiger partial charge in [-0.05, 0) is 39.5 Å². The zero-order valence-electron chi connectivity index (χ0n) is 17.2. The maximum atomic E-state index is 9.87. The lowest BCUT2D eigenvalue weighted by atomic mass is 9.99. The highest BCUT2D eigenvalue weighted by atomic mass is 28.3. The minimum atomic E-state index is -2.17. The number of hydrogen-bond donors (Lipinski definition) is 1. The molecular weight excluding hydrogens is 349 g/mol. The third-order valence-electron chi connectivity index (χ3n) is 5.83. The number of nitriles is 1. The van der Waals surface area contributed by atoms with Gasteiger partial charge in [-0.1, -0.05) is 71.9 Å². The molecule has 0 aliphatic carbocycles. The Bertz CT molecular complexity index is 791. The van der Waals surface area contributed by atoms with Crippen molar-refractivity contribution in [2.24, 2.45) is 0 Å². The lowest BCUT2D eigenvalue weighted by Crippen LogP contribution is -2.57. The van der Waals surface area contributed by atoms with Crippen molar-refractivity contribution >= 4 is 20.9 Å². The van der Waals surface area contributed by atoms with Gasteiger partial charge in [-0.3, -0.25) is 0 Å². The van der Waals surface area contributed by atoms with Crippen molar-refractivity contribution in [2.45, 2.75) is 58.2 Å². The molecule has 5 heteroatoms. The molecule has 1 radical (unpaired) electrons. The standard InChI is InChI=1S/C22H29BNO2Si/c1-15(2)27(16(3)4,17(5)6)22-20(26-23-25)13-12-19(14-24)21(22)18-10-8-7-9-11-18/h7-13,15-17,25H,1-6H3. The van der Waals surface area contributed by atoms with E-state index >= 15 is 0 Å². The quantitative estimate of drug-likeness (QED) is 0.689. The van der Waals surface area contributed by atoms with Crippen LogP contribution in [0.3, 0.4) is 0 Å².